The van der Waals surface area contributed by atoms with Crippen molar-refractivity contribution in [2.24, 2.45) is 5.14 Å². The zero-order chi connectivity index (χ0) is 26.1. The summed E-state index contributed by atoms with van der Waals surface area (Å²) in [5.41, 5.74) is 6.91. The van der Waals surface area contributed by atoms with E-state index >= 15 is 0 Å². The van der Waals surface area contributed by atoms with Gasteiger partial charge in [0, 0.05) is 59.9 Å². The Morgan fingerprint density at radius 2 is 1.86 bits per heavy atom. The highest BCUT2D eigenvalue weighted by molar-refractivity contribution is 7.97. The normalized spacial score (nSPS) is 15.0. The average Bonchev–Trinajstić information content (AvgIpc) is 3.58. The Morgan fingerprint density at radius 3 is 2.51 bits per heavy atom. The first-order valence-corrected chi connectivity index (χ1v) is 13.2. The van der Waals surface area contributed by atoms with Gasteiger partial charge in [-0.3, -0.25) is 10.1 Å². The van der Waals surface area contributed by atoms with E-state index in [1.165, 1.54) is 17.2 Å². The standard InChI is InChI=1S/C26H28ClFN8S/c1-16(4-7-26-19(8-22(27)10-30-26)15-36-32-18(3)31-33-36)34-11-20-13-35(14-21(20)12-34)17(2)24-6-5-23(37-29)9-25(24)28/h5-6,8-10H,1-2,4,7,11-15,29H2,3H3. The first-order chi connectivity index (χ1) is 17.8. The second kappa shape index (κ2) is 10.6. The van der Waals surface area contributed by atoms with Crippen LogP contribution in [0.4, 0.5) is 4.39 Å². The van der Waals surface area contributed by atoms with Gasteiger partial charge in [0.25, 0.3) is 0 Å². The summed E-state index contributed by atoms with van der Waals surface area (Å²) in [5, 5.41) is 18.4. The molecule has 0 atom stereocenters. The molecule has 2 N–H and O–H groups in total. The Kier molecular flexibility index (Phi) is 7.32. The molecule has 0 radical (unpaired) electrons. The molecule has 0 fully saturated rings. The number of nitrogens with zero attached hydrogens (tertiary/aromatic N) is 7. The second-order valence-corrected chi connectivity index (χ2v) is 10.5. The molecule has 37 heavy (non-hydrogen) atoms. The molecular weight excluding hydrogens is 511 g/mol. The zero-order valence-electron chi connectivity index (χ0n) is 20.6. The van der Waals surface area contributed by atoms with Crippen molar-refractivity contribution in [1.82, 2.24) is 35.0 Å². The number of pyridine rings is 1. The van der Waals surface area contributed by atoms with Gasteiger partial charge in [-0.05, 0) is 77.9 Å². The number of aromatic nitrogens is 5. The molecule has 3 aromatic rings. The summed E-state index contributed by atoms with van der Waals surface area (Å²) in [4.78, 5) is 11.3. The molecule has 2 aliphatic rings. The van der Waals surface area contributed by atoms with Crippen LogP contribution >= 0.6 is 23.5 Å². The van der Waals surface area contributed by atoms with Crippen molar-refractivity contribution in [3.05, 3.63) is 93.9 Å². The number of rotatable bonds is 9. The molecule has 0 saturated carbocycles. The maximum Gasteiger partial charge on any atom is 0.171 e. The molecule has 8 nitrogen and oxygen atoms in total. The fourth-order valence-corrected chi connectivity index (χ4v) is 5.30. The van der Waals surface area contributed by atoms with E-state index < -0.39 is 0 Å². The van der Waals surface area contributed by atoms with E-state index in [1.54, 1.807) is 24.0 Å². The fraction of sp³-hybridized carbons (Fsp3) is 0.308. The number of tetrazole rings is 1. The third-order valence-electron chi connectivity index (χ3n) is 6.78. The van der Waals surface area contributed by atoms with E-state index in [1.807, 2.05) is 12.1 Å². The van der Waals surface area contributed by atoms with Crippen LogP contribution in [0.25, 0.3) is 5.70 Å². The summed E-state index contributed by atoms with van der Waals surface area (Å²) in [6.07, 6.45) is 3.18. The van der Waals surface area contributed by atoms with Crippen molar-refractivity contribution in [2.45, 2.75) is 31.2 Å². The first kappa shape index (κ1) is 25.4. The van der Waals surface area contributed by atoms with E-state index in [4.69, 9.17) is 16.7 Å². The van der Waals surface area contributed by atoms with Crippen LogP contribution in [0.2, 0.25) is 5.02 Å². The molecule has 11 heteroatoms. The van der Waals surface area contributed by atoms with Crippen molar-refractivity contribution in [2.75, 3.05) is 26.2 Å². The molecule has 2 aliphatic heterocycles. The number of hydrogen-bond acceptors (Lipinski definition) is 8. The summed E-state index contributed by atoms with van der Waals surface area (Å²) in [7, 11) is 0. The molecule has 4 heterocycles. The number of hydrogen-bond donors (Lipinski definition) is 1. The SMILES string of the molecule is C=C(CCc1ncc(Cl)cc1Cn1nnc(C)n1)N1CC2=C(C1)CN(C(=C)c1ccc(SN)cc1F)C2. The lowest BCUT2D eigenvalue weighted by atomic mass is 10.1. The molecule has 1 aromatic carbocycles. The monoisotopic (exact) mass is 538 g/mol. The summed E-state index contributed by atoms with van der Waals surface area (Å²) < 4.78 is 14.6. The van der Waals surface area contributed by atoms with Gasteiger partial charge in [0.05, 0.1) is 11.6 Å². The number of allylic oxidation sites excluding steroid dienone is 1. The van der Waals surface area contributed by atoms with E-state index in [9.17, 15) is 4.39 Å². The van der Waals surface area contributed by atoms with Crippen LogP contribution in [0.15, 0.2) is 65.4 Å². The highest BCUT2D eigenvalue weighted by Gasteiger charge is 2.31. The van der Waals surface area contributed by atoms with Crippen LogP contribution in [0.5, 0.6) is 0 Å². The van der Waals surface area contributed by atoms with Crippen LogP contribution in [0.1, 0.15) is 29.1 Å². The molecule has 5 rings (SSSR count). The Labute approximate surface area is 224 Å². The molecule has 0 unspecified atom stereocenters. The highest BCUT2D eigenvalue weighted by Crippen LogP contribution is 2.34. The Morgan fingerprint density at radius 1 is 1.14 bits per heavy atom. The van der Waals surface area contributed by atoms with Gasteiger partial charge < -0.3 is 9.80 Å². The average molecular weight is 539 g/mol. The lowest BCUT2D eigenvalue weighted by Gasteiger charge is -2.28. The topological polar surface area (TPSA) is 89.0 Å². The molecule has 192 valence electrons. The van der Waals surface area contributed by atoms with E-state index in [0.717, 1.165) is 67.9 Å². The molecule has 0 amide bonds. The molecule has 0 bridgehead atoms. The number of nitrogens with two attached hydrogens (primary N) is 1. The van der Waals surface area contributed by atoms with Gasteiger partial charge in [0.2, 0.25) is 0 Å². The minimum absolute atomic E-state index is 0.299. The summed E-state index contributed by atoms with van der Waals surface area (Å²) in [6, 6.07) is 6.94. The first-order valence-electron chi connectivity index (χ1n) is 11.9. The summed E-state index contributed by atoms with van der Waals surface area (Å²) >= 11 is 7.24. The van der Waals surface area contributed by atoms with Gasteiger partial charge in [-0.25, -0.2) is 4.39 Å². The maximum atomic E-state index is 14.6. The molecular formula is C26H28ClFN8S. The summed E-state index contributed by atoms with van der Waals surface area (Å²) in [5.74, 6) is 0.322. The lowest BCUT2D eigenvalue weighted by molar-refractivity contribution is 0.379. The Bertz CT molecular complexity index is 1380. The quantitative estimate of drug-likeness (QED) is 0.320. The van der Waals surface area contributed by atoms with Crippen molar-refractivity contribution < 1.29 is 4.39 Å². The van der Waals surface area contributed by atoms with Crippen LogP contribution in [-0.2, 0) is 13.0 Å². The third-order valence-corrected chi connectivity index (χ3v) is 7.52. The van der Waals surface area contributed by atoms with Crippen molar-refractivity contribution in [3.8, 4) is 0 Å². The predicted octanol–water partition coefficient (Wildman–Crippen LogP) is 4.23. The van der Waals surface area contributed by atoms with E-state index in [2.05, 4.69) is 43.4 Å². The molecule has 0 saturated heterocycles. The number of aryl methyl sites for hydroxylation is 2. The van der Waals surface area contributed by atoms with Gasteiger partial charge in [-0.15, -0.1) is 10.2 Å². The number of halogens is 2. The largest absolute Gasteiger partial charge is 0.367 e. The van der Waals surface area contributed by atoms with Gasteiger partial charge in [-0.2, -0.15) is 4.80 Å². The third kappa shape index (κ3) is 5.56. The minimum Gasteiger partial charge on any atom is -0.367 e. The van der Waals surface area contributed by atoms with E-state index in [0.29, 0.717) is 33.5 Å². The van der Waals surface area contributed by atoms with Crippen molar-refractivity contribution in [3.63, 3.8) is 0 Å². The van der Waals surface area contributed by atoms with Crippen LogP contribution in [0.3, 0.4) is 0 Å². The van der Waals surface area contributed by atoms with Crippen molar-refractivity contribution in [1.29, 1.82) is 0 Å². The molecule has 0 spiro atoms. The lowest BCUT2D eigenvalue weighted by Crippen LogP contribution is -2.28. The molecule has 0 aliphatic carbocycles. The Hall–Kier alpha value is -3.21. The smallest absolute Gasteiger partial charge is 0.171 e. The predicted molar refractivity (Wildman–Crippen MR) is 144 cm³/mol. The van der Waals surface area contributed by atoms with Crippen molar-refractivity contribution >= 4 is 29.2 Å². The van der Waals surface area contributed by atoms with Gasteiger partial charge >= 0.3 is 0 Å². The van der Waals surface area contributed by atoms with E-state index in [-0.39, 0.29) is 5.82 Å². The highest BCUT2D eigenvalue weighted by atomic mass is 35.5. The zero-order valence-corrected chi connectivity index (χ0v) is 22.2. The maximum absolute atomic E-state index is 14.6. The molecule has 2 aromatic heterocycles. The van der Waals surface area contributed by atoms with Crippen LogP contribution in [-0.4, -0.2) is 61.2 Å². The minimum atomic E-state index is -0.299. The van der Waals surface area contributed by atoms with Gasteiger partial charge in [-0.1, -0.05) is 24.8 Å². The summed E-state index contributed by atoms with van der Waals surface area (Å²) in [6.45, 7) is 13.9. The second-order valence-electron chi connectivity index (χ2n) is 9.32. The number of benzene rings is 1. The Balaban J connectivity index is 1.16. The van der Waals surface area contributed by atoms with Gasteiger partial charge in [0.15, 0.2) is 5.82 Å². The van der Waals surface area contributed by atoms with Crippen LogP contribution in [0, 0.1) is 12.7 Å². The fourth-order valence-electron chi connectivity index (χ4n) is 4.80. The van der Waals surface area contributed by atoms with Gasteiger partial charge in [0.1, 0.15) is 5.82 Å². The van der Waals surface area contributed by atoms with Crippen LogP contribution < -0.4 is 5.14 Å².